The second-order valence-corrected chi connectivity index (χ2v) is 3.53. The van der Waals surface area contributed by atoms with Crippen molar-refractivity contribution >= 4 is 32.8 Å². The molecule has 0 spiro atoms. The largest absolute Gasteiger partial charge is 0.275 e. The fraction of sp³-hybridized carbons (Fsp3) is 0.125. The van der Waals surface area contributed by atoms with Gasteiger partial charge in [-0.25, -0.2) is 13.8 Å². The molecule has 0 radical (unpaired) electrons. The molecular weight excluding hydrogens is 293 g/mol. The average Bonchev–Trinajstić information content (AvgIpc) is 2.15. The summed E-state index contributed by atoms with van der Waals surface area (Å²) in [6, 6.07) is 1.51. The van der Waals surface area contributed by atoms with Crippen molar-refractivity contribution in [2.45, 2.75) is 6.43 Å². The van der Waals surface area contributed by atoms with E-state index >= 15 is 0 Å². The van der Waals surface area contributed by atoms with Crippen LogP contribution in [0.5, 0.6) is 0 Å². The van der Waals surface area contributed by atoms with Crippen molar-refractivity contribution in [3.8, 4) is 6.07 Å². The zero-order chi connectivity index (χ0) is 11.6. The van der Waals surface area contributed by atoms with Crippen LogP contribution in [-0.4, -0.2) is 10.2 Å². The van der Waals surface area contributed by atoms with Crippen molar-refractivity contribution in [1.82, 2.24) is 4.98 Å². The number of rotatable bonds is 2. The molecule has 0 atom stereocenters. The summed E-state index contributed by atoms with van der Waals surface area (Å²) in [7, 11) is 0. The quantitative estimate of drug-likeness (QED) is 0.622. The van der Waals surface area contributed by atoms with Crippen LogP contribution in [0, 0.1) is 11.3 Å². The second-order valence-electron chi connectivity index (χ2n) is 2.44. The van der Waals surface area contributed by atoms with E-state index in [0.29, 0.717) is 0 Å². The third kappa shape index (κ3) is 2.30. The molecule has 0 bridgehead atoms. The molecule has 15 heavy (non-hydrogen) atoms. The van der Waals surface area contributed by atoms with Crippen LogP contribution in [0.25, 0.3) is 0 Å². The van der Waals surface area contributed by atoms with E-state index in [-0.39, 0.29) is 10.2 Å². The van der Waals surface area contributed by atoms with Gasteiger partial charge in [-0.15, -0.1) is 0 Å². The Bertz CT molecular complexity index is 459. The third-order valence-corrected chi connectivity index (χ3v) is 2.45. The van der Waals surface area contributed by atoms with E-state index in [1.807, 2.05) is 0 Å². The summed E-state index contributed by atoms with van der Waals surface area (Å²) in [6.07, 6.45) is -1.93. The van der Waals surface area contributed by atoms with Gasteiger partial charge in [-0.1, -0.05) is 0 Å². The summed E-state index contributed by atoms with van der Waals surface area (Å²) in [5.74, 6) is 0. The van der Waals surface area contributed by atoms with Gasteiger partial charge in [0.25, 0.3) is 11.7 Å². The highest BCUT2D eigenvalue weighted by atomic mass is 79.9. The van der Waals surface area contributed by atoms with Crippen molar-refractivity contribution in [2.75, 3.05) is 0 Å². The Morgan fingerprint density at radius 2 is 2.27 bits per heavy atom. The molecular formula is C8H2BrClF2N2O. The van der Waals surface area contributed by atoms with Crippen molar-refractivity contribution < 1.29 is 13.6 Å². The van der Waals surface area contributed by atoms with Crippen molar-refractivity contribution in [1.29, 1.82) is 5.26 Å². The van der Waals surface area contributed by atoms with Gasteiger partial charge in [0.05, 0.1) is 16.7 Å². The first-order valence-corrected chi connectivity index (χ1v) is 4.72. The molecule has 0 saturated carbocycles. The van der Waals surface area contributed by atoms with Crippen molar-refractivity contribution in [2.24, 2.45) is 0 Å². The molecule has 3 nitrogen and oxygen atoms in total. The van der Waals surface area contributed by atoms with E-state index in [0.717, 1.165) is 6.20 Å². The Morgan fingerprint density at radius 3 is 2.67 bits per heavy atom. The zero-order valence-corrected chi connectivity index (χ0v) is 9.31. The van der Waals surface area contributed by atoms with E-state index in [9.17, 15) is 13.6 Å². The highest BCUT2D eigenvalue weighted by Crippen LogP contribution is 2.30. The maximum Gasteiger partial charge on any atom is 0.267 e. The lowest BCUT2D eigenvalue weighted by molar-refractivity contribution is 0.108. The van der Waals surface area contributed by atoms with Crippen LogP contribution in [0.15, 0.2) is 10.8 Å². The Balaban J connectivity index is 3.56. The molecule has 0 aliphatic rings. The fourth-order valence-corrected chi connectivity index (χ4v) is 1.59. The van der Waals surface area contributed by atoms with E-state index < -0.39 is 22.8 Å². The lowest BCUT2D eigenvalue weighted by Gasteiger charge is -2.06. The van der Waals surface area contributed by atoms with Gasteiger partial charge >= 0.3 is 0 Å². The van der Waals surface area contributed by atoms with Gasteiger partial charge < -0.3 is 0 Å². The first-order chi connectivity index (χ1) is 6.99. The zero-order valence-electron chi connectivity index (χ0n) is 6.97. The lowest BCUT2D eigenvalue weighted by Crippen LogP contribution is -2.03. The number of halogens is 4. The predicted octanol–water partition coefficient (Wildman–Crippen LogP) is 3.03. The van der Waals surface area contributed by atoms with Crippen molar-refractivity contribution in [3.63, 3.8) is 0 Å². The van der Waals surface area contributed by atoms with Crippen LogP contribution in [0.4, 0.5) is 8.78 Å². The van der Waals surface area contributed by atoms with Crippen LogP contribution in [-0.2, 0) is 0 Å². The van der Waals surface area contributed by atoms with Gasteiger partial charge in [0.1, 0.15) is 10.7 Å². The molecule has 1 heterocycles. The summed E-state index contributed by atoms with van der Waals surface area (Å²) < 4.78 is 24.9. The predicted molar refractivity (Wildman–Crippen MR) is 51.8 cm³/mol. The molecule has 1 aromatic rings. The number of nitriles is 1. The Hall–Kier alpha value is -1.06. The highest BCUT2D eigenvalue weighted by Gasteiger charge is 2.23. The van der Waals surface area contributed by atoms with E-state index in [1.165, 1.54) is 6.07 Å². The summed E-state index contributed by atoms with van der Waals surface area (Å²) >= 11 is 7.90. The number of carbonyl (C=O) groups is 1. The maximum absolute atomic E-state index is 12.5. The molecule has 78 valence electrons. The Labute approximate surface area is 96.8 Å². The molecule has 1 rings (SSSR count). The molecule has 7 heteroatoms. The van der Waals surface area contributed by atoms with Crippen LogP contribution < -0.4 is 0 Å². The SMILES string of the molecule is N#Cc1c(C(=O)Cl)cnc(Br)c1C(F)F. The van der Waals surface area contributed by atoms with E-state index in [1.54, 1.807) is 0 Å². The Kier molecular flexibility index (Phi) is 3.72. The number of pyridine rings is 1. The molecule has 0 unspecified atom stereocenters. The van der Waals surface area contributed by atoms with Crippen LogP contribution >= 0.6 is 27.5 Å². The topological polar surface area (TPSA) is 53.8 Å². The summed E-state index contributed by atoms with van der Waals surface area (Å²) in [5, 5.41) is 7.69. The number of hydrogen-bond donors (Lipinski definition) is 0. The normalized spacial score (nSPS) is 10.1. The molecule has 0 saturated heterocycles. The number of alkyl halides is 2. The minimum atomic E-state index is -2.91. The minimum absolute atomic E-state index is 0.171. The molecule has 1 aromatic heterocycles. The maximum atomic E-state index is 12.5. The van der Waals surface area contributed by atoms with Crippen molar-refractivity contribution in [3.05, 3.63) is 27.5 Å². The smallest absolute Gasteiger partial charge is 0.267 e. The van der Waals surface area contributed by atoms with Crippen LogP contribution in [0.2, 0.25) is 0 Å². The third-order valence-electron chi connectivity index (χ3n) is 1.61. The van der Waals surface area contributed by atoms with Gasteiger partial charge in [0, 0.05) is 6.20 Å². The van der Waals surface area contributed by atoms with Crippen LogP contribution in [0.1, 0.15) is 27.9 Å². The monoisotopic (exact) mass is 294 g/mol. The van der Waals surface area contributed by atoms with Gasteiger partial charge in [-0.05, 0) is 27.5 Å². The second kappa shape index (κ2) is 4.64. The first kappa shape index (κ1) is 12.0. The number of nitrogens with zero attached hydrogens (tertiary/aromatic N) is 2. The van der Waals surface area contributed by atoms with Gasteiger partial charge in [-0.3, -0.25) is 4.79 Å². The highest BCUT2D eigenvalue weighted by molar-refractivity contribution is 9.10. The van der Waals surface area contributed by atoms with E-state index in [2.05, 4.69) is 20.9 Å². The molecule has 0 N–H and O–H groups in total. The molecule has 0 amide bonds. The number of hydrogen-bond acceptors (Lipinski definition) is 3. The van der Waals surface area contributed by atoms with Crippen LogP contribution in [0.3, 0.4) is 0 Å². The number of aromatic nitrogens is 1. The van der Waals surface area contributed by atoms with E-state index in [4.69, 9.17) is 16.9 Å². The fourth-order valence-electron chi connectivity index (χ4n) is 0.972. The van der Waals surface area contributed by atoms with Gasteiger partial charge in [-0.2, -0.15) is 5.26 Å². The van der Waals surface area contributed by atoms with Gasteiger partial charge in [0.2, 0.25) is 0 Å². The lowest BCUT2D eigenvalue weighted by atomic mass is 10.1. The molecule has 0 fully saturated rings. The Morgan fingerprint density at radius 1 is 1.67 bits per heavy atom. The molecule has 0 aromatic carbocycles. The average molecular weight is 295 g/mol. The first-order valence-electron chi connectivity index (χ1n) is 3.55. The summed E-state index contributed by atoms with van der Waals surface area (Å²) in [5.41, 5.74) is -1.39. The standard InChI is InChI=1S/C8H2BrClF2N2O/c9-6-5(8(11)12)3(1-13)4(2-14-6)7(10)15/h2,8H. The number of carbonyl (C=O) groups excluding carboxylic acids is 1. The summed E-state index contributed by atoms with van der Waals surface area (Å²) in [4.78, 5) is 14.3. The summed E-state index contributed by atoms with van der Waals surface area (Å²) in [6.45, 7) is 0. The molecule has 0 aliphatic carbocycles. The minimum Gasteiger partial charge on any atom is -0.275 e. The van der Waals surface area contributed by atoms with Gasteiger partial charge in [0.15, 0.2) is 0 Å². The molecule has 0 aliphatic heterocycles.